The third-order valence-corrected chi connectivity index (χ3v) is 0. The summed E-state index contributed by atoms with van der Waals surface area (Å²) in [6.45, 7) is 0. The van der Waals surface area contributed by atoms with Gasteiger partial charge in [-0.3, -0.25) is 0 Å². The van der Waals surface area contributed by atoms with Crippen LogP contribution in [-0.4, -0.2) is 21.9 Å². The number of hydrogen-bond donors (Lipinski definition) is 0. The molecule has 0 bridgehead atoms. The Hall–Kier alpha value is 0.734. The normalized spacial score (nSPS) is 3.38. The zero-order valence-corrected chi connectivity index (χ0v) is 6.55. The summed E-state index contributed by atoms with van der Waals surface area (Å²) < 4.78 is 29.6. The second-order valence-corrected chi connectivity index (χ2v) is 1.46. The zero-order chi connectivity index (χ0) is 3.58. The second kappa shape index (κ2) is 25.2. The van der Waals surface area contributed by atoms with E-state index in [0.717, 1.165) is 0 Å². The van der Waals surface area contributed by atoms with Crippen LogP contribution in [-0.2, 0) is 29.6 Å². The van der Waals surface area contributed by atoms with Crippen molar-refractivity contribution in [3.63, 3.8) is 0 Å². The van der Waals surface area contributed by atoms with Crippen LogP contribution < -0.4 is 0 Å². The van der Waals surface area contributed by atoms with Gasteiger partial charge in [0.2, 0.25) is 0 Å². The molecule has 0 fully saturated rings. The molecule has 0 saturated carbocycles. The number of hydrogen-bond acceptors (Lipinski definition) is 0. The van der Waals surface area contributed by atoms with Gasteiger partial charge >= 0.3 is 35.3 Å². The van der Waals surface area contributed by atoms with Crippen molar-refractivity contribution in [3.8, 4) is 0 Å². The van der Waals surface area contributed by atoms with Crippen molar-refractivity contribution >= 4 is 0 Å². The standard InChI is InChI=1S/3FH.4H2O.Y/h3*1H;4*1H2;/q;;;;;;;+3/p-3. The molecule has 8 N–H and O–H groups in total. The van der Waals surface area contributed by atoms with E-state index >= 15 is 0 Å². The predicted molar refractivity (Wildman–Crippen MR) is 17.8 cm³/mol. The second-order valence-electron chi connectivity index (χ2n) is 0.247. The molecule has 0 aliphatic carbocycles. The monoisotopic (exact) mass is 218 g/mol. The van der Waals surface area contributed by atoms with Crippen molar-refractivity contribution in [2.24, 2.45) is 0 Å². The van der Waals surface area contributed by atoms with Crippen LogP contribution in [0.1, 0.15) is 0 Å². The van der Waals surface area contributed by atoms with E-state index < -0.39 is 29.6 Å². The summed E-state index contributed by atoms with van der Waals surface area (Å²) in [7, 11) is 0. The summed E-state index contributed by atoms with van der Waals surface area (Å²) in [5.41, 5.74) is 0. The third kappa shape index (κ3) is 411. The van der Waals surface area contributed by atoms with E-state index in [-0.39, 0.29) is 21.9 Å². The Morgan fingerprint density at radius 3 is 0.625 bits per heavy atom. The molecular weight excluding hydrogens is 210 g/mol. The number of rotatable bonds is 0. The van der Waals surface area contributed by atoms with Gasteiger partial charge < -0.3 is 21.9 Å². The first-order valence-corrected chi connectivity index (χ1v) is 3.87. The SMILES string of the molecule is O.O.O.O.[F][Y]([F])[F]. The molecule has 4 nitrogen and oxygen atoms in total. The van der Waals surface area contributed by atoms with Gasteiger partial charge in [0.1, 0.15) is 0 Å². The third-order valence-electron chi connectivity index (χ3n) is 0. The summed E-state index contributed by atoms with van der Waals surface area (Å²) in [5.74, 6) is 0. The Bertz CT molecular complexity index is 16.0. The summed E-state index contributed by atoms with van der Waals surface area (Å²) >= 11 is -5.14. The van der Waals surface area contributed by atoms with E-state index in [9.17, 15) is 5.77 Å². The molecule has 0 aromatic heterocycles. The average Bonchev–Trinajstić information content (AvgIpc) is 0.811. The fraction of sp³-hybridized carbons (Fsp3) is 0. The molecule has 0 spiro atoms. The van der Waals surface area contributed by atoms with Crippen molar-refractivity contribution in [2.45, 2.75) is 0 Å². The molecular formula is H8F3O4Y. The minimum atomic E-state index is -5.14. The molecule has 0 unspecified atom stereocenters. The van der Waals surface area contributed by atoms with E-state index in [1.54, 1.807) is 0 Å². The molecule has 8 heavy (non-hydrogen) atoms. The Kier molecular flexibility index (Phi) is 118. The van der Waals surface area contributed by atoms with E-state index in [0.29, 0.717) is 0 Å². The topological polar surface area (TPSA) is 126 Å². The first kappa shape index (κ1) is 37.5. The van der Waals surface area contributed by atoms with Gasteiger partial charge in [-0.2, -0.15) is 0 Å². The Labute approximate surface area is 57.4 Å². The molecule has 0 aromatic rings. The first-order valence-electron chi connectivity index (χ1n) is 0.655. The van der Waals surface area contributed by atoms with Crippen molar-refractivity contribution in [3.05, 3.63) is 0 Å². The van der Waals surface area contributed by atoms with Crippen LogP contribution in [0.3, 0.4) is 0 Å². The molecule has 0 aliphatic heterocycles. The average molecular weight is 218 g/mol. The molecule has 56 valence electrons. The van der Waals surface area contributed by atoms with Crippen molar-refractivity contribution in [2.75, 3.05) is 0 Å². The van der Waals surface area contributed by atoms with Crippen molar-refractivity contribution in [1.29, 1.82) is 0 Å². The van der Waals surface area contributed by atoms with Gasteiger partial charge in [-0.1, -0.05) is 0 Å². The Balaban J connectivity index is -0.00000000750. The zero-order valence-electron chi connectivity index (χ0n) is 3.71. The van der Waals surface area contributed by atoms with Crippen LogP contribution in [0.4, 0.5) is 5.77 Å². The molecule has 0 atom stereocenters. The maximum atomic E-state index is 9.88. The fourth-order valence-electron chi connectivity index (χ4n) is 0. The van der Waals surface area contributed by atoms with E-state index in [2.05, 4.69) is 0 Å². The quantitative estimate of drug-likeness (QED) is 0.444. The summed E-state index contributed by atoms with van der Waals surface area (Å²) in [6, 6.07) is 0. The minimum absolute atomic E-state index is 0. The molecule has 0 heterocycles. The van der Waals surface area contributed by atoms with Gasteiger partial charge in [0.25, 0.3) is 0 Å². The van der Waals surface area contributed by atoms with Crippen molar-refractivity contribution in [1.82, 2.24) is 0 Å². The maximum absolute atomic E-state index is 9.88. The Morgan fingerprint density at radius 2 is 0.625 bits per heavy atom. The van der Waals surface area contributed by atoms with Crippen LogP contribution in [0, 0.1) is 0 Å². The van der Waals surface area contributed by atoms with Crippen LogP contribution in [0.15, 0.2) is 0 Å². The van der Waals surface area contributed by atoms with Gasteiger partial charge in [0.15, 0.2) is 0 Å². The van der Waals surface area contributed by atoms with Crippen LogP contribution in [0.2, 0.25) is 0 Å². The van der Waals surface area contributed by atoms with E-state index in [4.69, 9.17) is 0 Å². The number of halogens is 3. The van der Waals surface area contributed by atoms with Crippen LogP contribution in [0.5, 0.6) is 0 Å². The first-order chi connectivity index (χ1) is 1.73. The van der Waals surface area contributed by atoms with Crippen LogP contribution >= 0.6 is 0 Å². The Morgan fingerprint density at radius 1 is 0.625 bits per heavy atom. The molecule has 8 heteroatoms. The van der Waals surface area contributed by atoms with E-state index in [1.165, 1.54) is 0 Å². The predicted octanol–water partition coefficient (Wildman–Crippen LogP) is -2.04. The summed E-state index contributed by atoms with van der Waals surface area (Å²) in [4.78, 5) is 0. The molecule has 0 amide bonds. The van der Waals surface area contributed by atoms with Gasteiger partial charge in [-0.05, 0) is 0 Å². The van der Waals surface area contributed by atoms with Gasteiger partial charge in [0, 0.05) is 0 Å². The molecule has 0 rings (SSSR count). The van der Waals surface area contributed by atoms with Gasteiger partial charge in [-0.15, -0.1) is 0 Å². The van der Waals surface area contributed by atoms with Gasteiger partial charge in [0.05, 0.1) is 0 Å². The molecule has 0 radical (unpaired) electrons. The summed E-state index contributed by atoms with van der Waals surface area (Å²) in [6.07, 6.45) is 0. The van der Waals surface area contributed by atoms with Crippen LogP contribution in [0.25, 0.3) is 0 Å². The van der Waals surface area contributed by atoms with Gasteiger partial charge in [-0.25, -0.2) is 0 Å². The van der Waals surface area contributed by atoms with Crippen molar-refractivity contribution < 1.29 is 57.2 Å². The summed E-state index contributed by atoms with van der Waals surface area (Å²) in [5, 5.41) is 0. The fourth-order valence-corrected chi connectivity index (χ4v) is 0. The molecule has 0 saturated heterocycles. The molecule has 0 aromatic carbocycles. The molecule has 0 aliphatic rings. The van der Waals surface area contributed by atoms with E-state index in [1.807, 2.05) is 0 Å².